The van der Waals surface area contributed by atoms with Gasteiger partial charge in [0, 0.05) is 18.2 Å². The highest BCUT2D eigenvalue weighted by Crippen LogP contribution is 2.32. The standard InChI is InChI=1S/C16H25N3O/c1-4-11(5-2)10(3)18-15-8-12-6-7-16(20)19-14(12)9-13(15)17/h8-11,18H,4-7,17H2,1-3H3,(H,19,20). The fourth-order valence-corrected chi connectivity index (χ4v) is 2.93. The van der Waals surface area contributed by atoms with Crippen molar-refractivity contribution >= 4 is 23.0 Å². The van der Waals surface area contributed by atoms with Gasteiger partial charge in [-0.2, -0.15) is 0 Å². The number of hydrogen-bond donors (Lipinski definition) is 3. The summed E-state index contributed by atoms with van der Waals surface area (Å²) in [6, 6.07) is 4.35. The summed E-state index contributed by atoms with van der Waals surface area (Å²) in [6.45, 7) is 6.65. The Hall–Kier alpha value is -1.71. The van der Waals surface area contributed by atoms with E-state index in [0.29, 0.717) is 24.1 Å². The van der Waals surface area contributed by atoms with Crippen LogP contribution in [0.5, 0.6) is 0 Å². The molecule has 1 aliphatic rings. The molecule has 2 rings (SSSR count). The predicted octanol–water partition coefficient (Wildman–Crippen LogP) is 3.39. The van der Waals surface area contributed by atoms with E-state index in [0.717, 1.165) is 36.2 Å². The lowest BCUT2D eigenvalue weighted by atomic mass is 9.94. The molecule has 1 aromatic rings. The number of nitrogens with two attached hydrogens (primary N) is 1. The number of rotatable bonds is 5. The molecule has 1 unspecified atom stereocenters. The van der Waals surface area contributed by atoms with Crippen LogP contribution in [0.4, 0.5) is 17.1 Å². The Morgan fingerprint density at radius 1 is 1.30 bits per heavy atom. The number of amides is 1. The lowest BCUT2D eigenvalue weighted by molar-refractivity contribution is -0.116. The fraction of sp³-hybridized carbons (Fsp3) is 0.562. The number of aryl methyl sites for hydroxylation is 1. The van der Waals surface area contributed by atoms with Crippen LogP contribution in [0, 0.1) is 5.92 Å². The second-order valence-corrected chi connectivity index (χ2v) is 5.65. The molecule has 1 heterocycles. The van der Waals surface area contributed by atoms with Gasteiger partial charge in [0.15, 0.2) is 0 Å². The van der Waals surface area contributed by atoms with Gasteiger partial charge in [-0.15, -0.1) is 0 Å². The molecule has 4 heteroatoms. The molecule has 1 aromatic carbocycles. The topological polar surface area (TPSA) is 67.2 Å². The first kappa shape index (κ1) is 14.7. The van der Waals surface area contributed by atoms with Crippen LogP contribution in [-0.2, 0) is 11.2 Å². The van der Waals surface area contributed by atoms with Crippen LogP contribution in [0.25, 0.3) is 0 Å². The molecular weight excluding hydrogens is 250 g/mol. The van der Waals surface area contributed by atoms with Gasteiger partial charge >= 0.3 is 0 Å². The minimum Gasteiger partial charge on any atom is -0.397 e. The second kappa shape index (κ2) is 6.16. The average molecular weight is 275 g/mol. The quantitative estimate of drug-likeness (QED) is 0.722. The second-order valence-electron chi connectivity index (χ2n) is 5.65. The first-order valence-corrected chi connectivity index (χ1v) is 7.53. The largest absolute Gasteiger partial charge is 0.397 e. The van der Waals surface area contributed by atoms with E-state index < -0.39 is 0 Å². The third-order valence-corrected chi connectivity index (χ3v) is 4.31. The predicted molar refractivity (Wildman–Crippen MR) is 85.0 cm³/mol. The van der Waals surface area contributed by atoms with Gasteiger partial charge in [-0.25, -0.2) is 0 Å². The molecule has 0 saturated carbocycles. The summed E-state index contributed by atoms with van der Waals surface area (Å²) >= 11 is 0. The Morgan fingerprint density at radius 2 is 2.00 bits per heavy atom. The highest BCUT2D eigenvalue weighted by Gasteiger charge is 2.19. The van der Waals surface area contributed by atoms with E-state index in [1.54, 1.807) is 0 Å². The van der Waals surface area contributed by atoms with Gasteiger partial charge in [0.05, 0.1) is 11.4 Å². The zero-order chi connectivity index (χ0) is 14.7. The Bertz CT molecular complexity index is 495. The monoisotopic (exact) mass is 275 g/mol. The summed E-state index contributed by atoms with van der Waals surface area (Å²) in [4.78, 5) is 11.4. The van der Waals surface area contributed by atoms with Crippen LogP contribution in [0.2, 0.25) is 0 Å². The Morgan fingerprint density at radius 3 is 2.65 bits per heavy atom. The third kappa shape index (κ3) is 3.06. The van der Waals surface area contributed by atoms with E-state index in [1.807, 2.05) is 6.07 Å². The van der Waals surface area contributed by atoms with Crippen molar-refractivity contribution in [3.63, 3.8) is 0 Å². The van der Waals surface area contributed by atoms with E-state index in [4.69, 9.17) is 5.73 Å². The zero-order valence-corrected chi connectivity index (χ0v) is 12.6. The molecule has 0 bridgehead atoms. The highest BCUT2D eigenvalue weighted by molar-refractivity contribution is 5.95. The smallest absolute Gasteiger partial charge is 0.224 e. The molecule has 0 aliphatic carbocycles. The summed E-state index contributed by atoms with van der Waals surface area (Å²) in [7, 11) is 0. The number of nitrogen functional groups attached to an aromatic ring is 1. The maximum Gasteiger partial charge on any atom is 0.224 e. The molecule has 0 fully saturated rings. The number of carbonyl (C=O) groups excluding carboxylic acids is 1. The van der Waals surface area contributed by atoms with Crippen molar-refractivity contribution in [1.29, 1.82) is 0 Å². The summed E-state index contributed by atoms with van der Waals surface area (Å²) in [5.41, 5.74) is 9.82. The fourth-order valence-electron chi connectivity index (χ4n) is 2.93. The van der Waals surface area contributed by atoms with Crippen LogP contribution in [0.1, 0.15) is 45.6 Å². The van der Waals surface area contributed by atoms with E-state index in [9.17, 15) is 4.79 Å². The van der Waals surface area contributed by atoms with Gasteiger partial charge < -0.3 is 16.4 Å². The van der Waals surface area contributed by atoms with Crippen LogP contribution in [0.3, 0.4) is 0 Å². The number of carbonyl (C=O) groups is 1. The lowest BCUT2D eigenvalue weighted by Crippen LogP contribution is -2.26. The summed E-state index contributed by atoms with van der Waals surface area (Å²) < 4.78 is 0. The zero-order valence-electron chi connectivity index (χ0n) is 12.6. The summed E-state index contributed by atoms with van der Waals surface area (Å²) in [5.74, 6) is 0.716. The maximum absolute atomic E-state index is 11.4. The number of hydrogen-bond acceptors (Lipinski definition) is 3. The molecule has 110 valence electrons. The Labute approximate surface area is 121 Å². The number of anilines is 3. The van der Waals surface area contributed by atoms with Crippen LogP contribution in [0.15, 0.2) is 12.1 Å². The summed E-state index contributed by atoms with van der Waals surface area (Å²) in [6.07, 6.45) is 3.66. The van der Waals surface area contributed by atoms with Crippen molar-refractivity contribution in [3.05, 3.63) is 17.7 Å². The third-order valence-electron chi connectivity index (χ3n) is 4.31. The molecule has 1 aliphatic heterocycles. The van der Waals surface area contributed by atoms with Crippen molar-refractivity contribution in [3.8, 4) is 0 Å². The van der Waals surface area contributed by atoms with Crippen LogP contribution in [-0.4, -0.2) is 11.9 Å². The van der Waals surface area contributed by atoms with Gasteiger partial charge in [-0.1, -0.05) is 26.7 Å². The molecule has 0 spiro atoms. The molecular formula is C16H25N3O. The normalized spacial score (nSPS) is 15.7. The van der Waals surface area contributed by atoms with E-state index in [2.05, 4.69) is 37.5 Å². The van der Waals surface area contributed by atoms with Crippen LogP contribution < -0.4 is 16.4 Å². The minimum absolute atomic E-state index is 0.0722. The molecule has 1 atom stereocenters. The number of fused-ring (bicyclic) bond motifs is 1. The first-order chi connectivity index (χ1) is 9.55. The van der Waals surface area contributed by atoms with Crippen LogP contribution >= 0.6 is 0 Å². The molecule has 20 heavy (non-hydrogen) atoms. The molecule has 0 radical (unpaired) electrons. The average Bonchev–Trinajstić information content (AvgIpc) is 2.41. The van der Waals surface area contributed by atoms with Gasteiger partial charge in [0.1, 0.15) is 0 Å². The van der Waals surface area contributed by atoms with Gasteiger partial charge in [-0.3, -0.25) is 4.79 Å². The van der Waals surface area contributed by atoms with E-state index in [-0.39, 0.29) is 5.91 Å². The molecule has 4 N–H and O–H groups in total. The molecule has 4 nitrogen and oxygen atoms in total. The molecule has 0 aromatic heterocycles. The van der Waals surface area contributed by atoms with Crippen molar-refractivity contribution < 1.29 is 4.79 Å². The SMILES string of the molecule is CCC(CC)C(C)Nc1cc2c(cc1N)NC(=O)CC2. The maximum atomic E-state index is 11.4. The molecule has 0 saturated heterocycles. The minimum atomic E-state index is 0.0722. The van der Waals surface area contributed by atoms with E-state index >= 15 is 0 Å². The van der Waals surface area contributed by atoms with Crippen molar-refractivity contribution in [2.75, 3.05) is 16.4 Å². The van der Waals surface area contributed by atoms with Gasteiger partial charge in [0.25, 0.3) is 0 Å². The summed E-state index contributed by atoms with van der Waals surface area (Å²) in [5, 5.41) is 6.42. The Balaban J connectivity index is 2.19. The van der Waals surface area contributed by atoms with Crippen molar-refractivity contribution in [1.82, 2.24) is 0 Å². The highest BCUT2D eigenvalue weighted by atomic mass is 16.1. The number of nitrogens with one attached hydrogen (secondary N) is 2. The lowest BCUT2D eigenvalue weighted by Gasteiger charge is -2.26. The number of benzene rings is 1. The van der Waals surface area contributed by atoms with Gasteiger partial charge in [-0.05, 0) is 37.0 Å². The van der Waals surface area contributed by atoms with Gasteiger partial charge in [0.2, 0.25) is 5.91 Å². The molecule has 1 amide bonds. The first-order valence-electron chi connectivity index (χ1n) is 7.53. The van der Waals surface area contributed by atoms with E-state index in [1.165, 1.54) is 0 Å². The Kier molecular flexibility index (Phi) is 4.53. The van der Waals surface area contributed by atoms with Crippen molar-refractivity contribution in [2.24, 2.45) is 5.92 Å². The van der Waals surface area contributed by atoms with Crippen molar-refractivity contribution in [2.45, 2.75) is 52.5 Å².